The summed E-state index contributed by atoms with van der Waals surface area (Å²) in [7, 11) is 0. The van der Waals surface area contributed by atoms with Crippen LogP contribution in [0.2, 0.25) is 0 Å². The fraction of sp³-hybridized carbons (Fsp3) is 0.500. The Morgan fingerprint density at radius 1 is 0.500 bits per heavy atom. The van der Waals surface area contributed by atoms with Gasteiger partial charge in [-0.05, 0) is 13.8 Å². The van der Waals surface area contributed by atoms with Gasteiger partial charge in [0.15, 0.2) is 5.83 Å². The highest BCUT2D eigenvalue weighted by Gasteiger charge is 2.63. The maximum absolute atomic E-state index is 11.5. The molecule has 0 aromatic heterocycles. The fourth-order valence-electron chi connectivity index (χ4n) is 0.586. The van der Waals surface area contributed by atoms with Crippen molar-refractivity contribution >= 4 is 0 Å². The van der Waals surface area contributed by atoms with Gasteiger partial charge in [-0.25, -0.2) is 4.39 Å². The van der Waals surface area contributed by atoms with Gasteiger partial charge in [-0.2, -0.15) is 83.4 Å². The topological polar surface area (TPSA) is 0 Å². The van der Waals surface area contributed by atoms with Crippen LogP contribution in [0.1, 0.15) is 13.8 Å². The van der Waals surface area contributed by atoms with E-state index in [0.717, 1.165) is 0 Å². The van der Waals surface area contributed by atoms with Gasteiger partial charge in [0.1, 0.15) is 0 Å². The largest absolute Gasteiger partial charge is 0.460 e. The molecule has 0 rings (SSSR count). The lowest BCUT2D eigenvalue weighted by atomic mass is 10.3. The Labute approximate surface area is 188 Å². The predicted octanol–water partition coefficient (Wildman–Crippen LogP) is 10.2. The number of halogens is 20. The van der Waals surface area contributed by atoms with E-state index in [0.29, 0.717) is 0 Å². The Balaban J connectivity index is -0.000000199. The van der Waals surface area contributed by atoms with E-state index >= 15 is 0 Å². The lowest BCUT2D eigenvalue weighted by Crippen LogP contribution is -2.37. The van der Waals surface area contributed by atoms with Crippen LogP contribution in [0.3, 0.4) is 0 Å². The van der Waals surface area contributed by atoms with Gasteiger partial charge in [-0.3, -0.25) is 0 Å². The van der Waals surface area contributed by atoms with Crippen LogP contribution in [-0.4, -0.2) is 36.6 Å². The van der Waals surface area contributed by atoms with Crippen LogP contribution >= 0.6 is 0 Å². The lowest BCUT2D eigenvalue weighted by molar-refractivity contribution is -0.271. The van der Waals surface area contributed by atoms with Gasteiger partial charge in [0.2, 0.25) is 5.83 Å². The lowest BCUT2D eigenvalue weighted by Gasteiger charge is -2.16. The third-order valence-corrected chi connectivity index (χ3v) is 1.96. The van der Waals surface area contributed by atoms with Crippen LogP contribution < -0.4 is 0 Å². The van der Waals surface area contributed by atoms with E-state index in [9.17, 15) is 87.8 Å². The van der Waals surface area contributed by atoms with Gasteiger partial charge in [0.05, 0.1) is 0 Å². The summed E-state index contributed by atoms with van der Waals surface area (Å²) in [5.74, 6) is -18.0. The smallest absolute Gasteiger partial charge is 0.205 e. The molecule has 0 saturated carbocycles. The van der Waals surface area contributed by atoms with Gasteiger partial charge in [0, 0.05) is 12.2 Å². The van der Waals surface area contributed by atoms with Crippen LogP contribution in [0.25, 0.3) is 0 Å². The minimum Gasteiger partial charge on any atom is -0.205 e. The van der Waals surface area contributed by atoms with Crippen molar-refractivity contribution in [3.8, 4) is 0 Å². The van der Waals surface area contributed by atoms with E-state index in [-0.39, 0.29) is 0 Å². The zero-order valence-electron chi connectivity index (χ0n) is 17.1. The van der Waals surface area contributed by atoms with E-state index < -0.39 is 66.4 Å². The van der Waals surface area contributed by atoms with E-state index in [1.165, 1.54) is 5.57 Å². The highest BCUT2D eigenvalue weighted by atomic mass is 19.4. The van der Waals surface area contributed by atoms with Crippen molar-refractivity contribution in [3.05, 3.63) is 48.6 Å². The van der Waals surface area contributed by atoms with Crippen molar-refractivity contribution in [2.24, 2.45) is 0 Å². The molecule has 0 fully saturated rings. The van der Waals surface area contributed by atoms with Crippen molar-refractivity contribution in [3.63, 3.8) is 0 Å². The molecule has 0 nitrogen and oxygen atoms in total. The first-order valence-corrected chi connectivity index (χ1v) is 7.65. The molecule has 0 aliphatic rings. The number of alkyl halides is 16. The molecular formula is C16H12F20. The van der Waals surface area contributed by atoms with Crippen molar-refractivity contribution in [2.45, 2.75) is 50.4 Å². The van der Waals surface area contributed by atoms with E-state index in [1.54, 1.807) is 0 Å². The molecule has 216 valence electrons. The minimum atomic E-state index is -6.35. The summed E-state index contributed by atoms with van der Waals surface area (Å²) < 4.78 is 223. The second-order valence-electron chi connectivity index (χ2n) is 5.75. The van der Waals surface area contributed by atoms with Crippen molar-refractivity contribution in [1.29, 1.82) is 0 Å². The molecule has 0 bridgehead atoms. The second-order valence-corrected chi connectivity index (χ2v) is 5.75. The van der Waals surface area contributed by atoms with E-state index in [4.69, 9.17) is 0 Å². The van der Waals surface area contributed by atoms with Crippen molar-refractivity contribution in [2.75, 3.05) is 0 Å². The highest BCUT2D eigenvalue weighted by molar-refractivity contribution is 5.08. The molecule has 0 saturated heterocycles. The van der Waals surface area contributed by atoms with Crippen LogP contribution in [0.15, 0.2) is 48.6 Å². The quantitative estimate of drug-likeness (QED) is 0.224. The van der Waals surface area contributed by atoms with Crippen LogP contribution in [-0.2, 0) is 0 Å². The molecule has 36 heavy (non-hydrogen) atoms. The summed E-state index contributed by atoms with van der Waals surface area (Å²) in [4.78, 5) is 0. The molecule has 0 atom stereocenters. The maximum Gasteiger partial charge on any atom is 0.460 e. The van der Waals surface area contributed by atoms with Crippen LogP contribution in [0.5, 0.6) is 0 Å². The summed E-state index contributed by atoms with van der Waals surface area (Å²) in [5, 5.41) is 0. The summed E-state index contributed by atoms with van der Waals surface area (Å²) in [6.07, 6.45) is -27.4. The summed E-state index contributed by atoms with van der Waals surface area (Å²) in [6.45, 7) is 9.36. The standard InChI is InChI=1S/C4F8.2C4H2F6.C4H8/c5-1(2(6)7)3(8,9)4(10,11)12;1-2(5)3(6,7)4(8,9)10;5-3(6,7)1-2-4(8,9)10;1-4(2)3/h;1H2;1-2H;1H2,2-3H3. The molecule has 0 spiro atoms. The first kappa shape index (κ1) is 40.7. The number of allylic oxidation sites excluding steroid dienone is 5. The maximum atomic E-state index is 11.5. The fourth-order valence-corrected chi connectivity index (χ4v) is 0.586. The molecule has 0 radical (unpaired) electrons. The molecule has 0 heterocycles. The Hall–Kier alpha value is -2.44. The molecule has 0 unspecified atom stereocenters. The average molecular weight is 584 g/mol. The zero-order valence-corrected chi connectivity index (χ0v) is 17.1. The minimum absolute atomic E-state index is 0.854. The van der Waals surface area contributed by atoms with Gasteiger partial charge in [-0.15, -0.1) is 6.58 Å². The van der Waals surface area contributed by atoms with Gasteiger partial charge in [-0.1, -0.05) is 12.2 Å². The monoisotopic (exact) mass is 584 g/mol. The van der Waals surface area contributed by atoms with E-state index in [1.807, 2.05) is 20.4 Å². The Morgan fingerprint density at radius 3 is 0.778 bits per heavy atom. The third-order valence-electron chi connectivity index (χ3n) is 1.96. The van der Waals surface area contributed by atoms with Gasteiger partial charge in [0.25, 0.3) is 0 Å². The highest BCUT2D eigenvalue weighted by Crippen LogP contribution is 2.43. The Morgan fingerprint density at radius 2 is 0.722 bits per heavy atom. The molecular weight excluding hydrogens is 572 g/mol. The molecule has 0 N–H and O–H groups in total. The average Bonchev–Trinajstić information content (AvgIpc) is 2.56. The number of rotatable bonds is 2. The first-order chi connectivity index (χ1) is 15.2. The van der Waals surface area contributed by atoms with E-state index in [2.05, 4.69) is 6.58 Å². The normalized spacial score (nSPS) is 12.8. The Bertz CT molecular complexity index is 714. The predicted molar refractivity (Wildman–Crippen MR) is 84.3 cm³/mol. The summed E-state index contributed by atoms with van der Waals surface area (Å²) in [6, 6.07) is 0. The van der Waals surface area contributed by atoms with Crippen LogP contribution in [0.4, 0.5) is 87.8 Å². The third kappa shape index (κ3) is 19.8. The number of hydrogen-bond acceptors (Lipinski definition) is 0. The molecule has 0 aromatic carbocycles. The second kappa shape index (κ2) is 14.3. The Kier molecular flexibility index (Phi) is 16.2. The summed E-state index contributed by atoms with van der Waals surface area (Å²) >= 11 is 0. The molecule has 20 heteroatoms. The number of hydrogen-bond donors (Lipinski definition) is 0. The molecule has 0 aliphatic heterocycles. The first-order valence-electron chi connectivity index (χ1n) is 7.65. The van der Waals surface area contributed by atoms with Crippen LogP contribution in [0, 0.1) is 0 Å². The molecule has 0 aromatic rings. The summed E-state index contributed by atoms with van der Waals surface area (Å²) in [5.41, 5.74) is 1.17. The van der Waals surface area contributed by atoms with Gasteiger partial charge >= 0.3 is 42.6 Å². The van der Waals surface area contributed by atoms with Crippen molar-refractivity contribution < 1.29 is 87.8 Å². The van der Waals surface area contributed by atoms with Gasteiger partial charge < -0.3 is 0 Å². The van der Waals surface area contributed by atoms with Crippen molar-refractivity contribution in [1.82, 2.24) is 0 Å². The zero-order chi connectivity index (χ0) is 30.7. The molecule has 0 aliphatic carbocycles. The molecule has 0 amide bonds. The SMILES string of the molecule is C=C(C)C.C=C(F)C(F)(F)C(F)(F)F.FC(F)(F)C=CC(F)(F)F.FC(F)=C(F)C(F)(F)C(F)(F)F.